The Bertz CT molecular complexity index is 408. The van der Waals surface area contributed by atoms with Crippen LogP contribution in [0.15, 0.2) is 5.11 Å². The van der Waals surface area contributed by atoms with E-state index >= 15 is 0 Å². The number of ether oxygens (including phenoxy) is 2. The molecule has 0 unspecified atom stereocenters. The molecule has 26 heavy (non-hydrogen) atoms. The van der Waals surface area contributed by atoms with Crippen LogP contribution in [0.4, 0.5) is 0 Å². The molecule has 0 amide bonds. The minimum Gasteiger partial charge on any atom is -0.347 e. The smallest absolute Gasteiger partial charge is 0.163 e. The van der Waals surface area contributed by atoms with E-state index in [0.717, 1.165) is 12.8 Å². The molecule has 0 aliphatic carbocycles. The van der Waals surface area contributed by atoms with Gasteiger partial charge in [0, 0.05) is 11.3 Å². The zero-order valence-corrected chi connectivity index (χ0v) is 17.6. The van der Waals surface area contributed by atoms with Crippen molar-refractivity contribution in [1.82, 2.24) is 0 Å². The maximum Gasteiger partial charge on any atom is 0.163 e. The monoisotopic (exact) mass is 367 g/mol. The summed E-state index contributed by atoms with van der Waals surface area (Å²) in [5.74, 6) is -0.593. The SMILES string of the molecule is CCCCCCCCCCCCC[C@@H]1C[C@H]([C@H](C)N=[N+]=[N-])OC(C)(C)O1. The zero-order chi connectivity index (χ0) is 19.3. The van der Waals surface area contributed by atoms with Gasteiger partial charge in [-0.1, -0.05) is 89.6 Å². The molecule has 0 aromatic rings. The molecule has 5 nitrogen and oxygen atoms in total. The summed E-state index contributed by atoms with van der Waals surface area (Å²) >= 11 is 0. The first-order valence-corrected chi connectivity index (χ1v) is 10.9. The van der Waals surface area contributed by atoms with E-state index in [9.17, 15) is 0 Å². The second-order valence-electron chi connectivity index (χ2n) is 8.30. The van der Waals surface area contributed by atoms with Crippen molar-refractivity contribution < 1.29 is 9.47 Å². The first-order valence-electron chi connectivity index (χ1n) is 10.9. The molecule has 0 aromatic heterocycles. The van der Waals surface area contributed by atoms with Crippen LogP contribution < -0.4 is 0 Å². The molecule has 1 aliphatic rings. The highest BCUT2D eigenvalue weighted by atomic mass is 16.7. The number of rotatable bonds is 14. The first kappa shape index (κ1) is 23.3. The summed E-state index contributed by atoms with van der Waals surface area (Å²) in [5.41, 5.74) is 8.65. The minimum atomic E-state index is -0.593. The van der Waals surface area contributed by atoms with E-state index in [1.807, 2.05) is 20.8 Å². The highest BCUT2D eigenvalue weighted by Crippen LogP contribution is 2.31. The molecule has 1 rings (SSSR count). The third-order valence-corrected chi connectivity index (χ3v) is 5.28. The molecule has 1 saturated heterocycles. The van der Waals surface area contributed by atoms with Crippen LogP contribution in [-0.2, 0) is 9.47 Å². The van der Waals surface area contributed by atoms with Crippen LogP contribution in [0.1, 0.15) is 111 Å². The van der Waals surface area contributed by atoms with Crippen LogP contribution in [0, 0.1) is 0 Å². The van der Waals surface area contributed by atoms with Crippen LogP contribution in [-0.4, -0.2) is 24.0 Å². The molecule has 1 aliphatic heterocycles. The van der Waals surface area contributed by atoms with Gasteiger partial charge in [-0.25, -0.2) is 0 Å². The van der Waals surface area contributed by atoms with Crippen molar-refractivity contribution in [2.45, 2.75) is 135 Å². The fourth-order valence-corrected chi connectivity index (χ4v) is 3.81. The maximum absolute atomic E-state index is 8.65. The van der Waals surface area contributed by atoms with Gasteiger partial charge in [-0.3, -0.25) is 0 Å². The van der Waals surface area contributed by atoms with Gasteiger partial charge in [0.05, 0.1) is 18.2 Å². The molecule has 0 aromatic carbocycles. The van der Waals surface area contributed by atoms with Crippen LogP contribution in [0.25, 0.3) is 10.4 Å². The lowest BCUT2D eigenvalue weighted by molar-refractivity contribution is -0.302. The Morgan fingerprint density at radius 2 is 1.50 bits per heavy atom. The van der Waals surface area contributed by atoms with Crippen molar-refractivity contribution in [3.63, 3.8) is 0 Å². The fourth-order valence-electron chi connectivity index (χ4n) is 3.81. The Hall–Kier alpha value is -0.770. The normalized spacial score (nSPS) is 23.4. The van der Waals surface area contributed by atoms with Crippen molar-refractivity contribution in [2.24, 2.45) is 5.11 Å². The van der Waals surface area contributed by atoms with Crippen molar-refractivity contribution in [3.8, 4) is 0 Å². The Labute approximate surface area is 160 Å². The first-order chi connectivity index (χ1) is 12.5. The van der Waals surface area contributed by atoms with Gasteiger partial charge in [0.15, 0.2) is 5.79 Å². The standard InChI is InChI=1S/C21H41N3O2/c1-5-6-7-8-9-10-11-12-13-14-15-16-19-17-20(18(2)23-24-22)26-21(3,4)25-19/h18-20H,5-17H2,1-4H3/t18-,19+,20+/m0/s1. The average Bonchev–Trinajstić information content (AvgIpc) is 2.58. The van der Waals surface area contributed by atoms with Gasteiger partial charge in [-0.05, 0) is 25.8 Å². The summed E-state index contributed by atoms with van der Waals surface area (Å²) in [6, 6.07) is -0.150. The minimum absolute atomic E-state index is 0.0487. The van der Waals surface area contributed by atoms with Gasteiger partial charge >= 0.3 is 0 Å². The molecular formula is C21H41N3O2. The Morgan fingerprint density at radius 3 is 2.04 bits per heavy atom. The lowest BCUT2D eigenvalue weighted by atomic mass is 9.98. The molecule has 0 N–H and O–H groups in total. The fraction of sp³-hybridized carbons (Fsp3) is 1.00. The third kappa shape index (κ3) is 10.4. The Morgan fingerprint density at radius 1 is 0.962 bits per heavy atom. The molecule has 0 bridgehead atoms. The Balaban J connectivity index is 2.11. The lowest BCUT2D eigenvalue weighted by Crippen LogP contribution is -2.47. The lowest BCUT2D eigenvalue weighted by Gasteiger charge is -2.42. The van der Waals surface area contributed by atoms with E-state index in [0.29, 0.717) is 0 Å². The number of hydrogen-bond acceptors (Lipinski definition) is 3. The van der Waals surface area contributed by atoms with Crippen LogP contribution in [0.2, 0.25) is 0 Å². The number of unbranched alkanes of at least 4 members (excludes halogenated alkanes) is 10. The highest BCUT2D eigenvalue weighted by molar-refractivity contribution is 4.83. The molecule has 152 valence electrons. The maximum atomic E-state index is 8.65. The van der Waals surface area contributed by atoms with E-state index in [4.69, 9.17) is 15.0 Å². The van der Waals surface area contributed by atoms with E-state index in [1.54, 1.807) is 0 Å². The summed E-state index contributed by atoms with van der Waals surface area (Å²) in [6.45, 7) is 8.10. The van der Waals surface area contributed by atoms with Gasteiger partial charge in [0.2, 0.25) is 0 Å². The molecule has 1 fully saturated rings. The van der Waals surface area contributed by atoms with Crippen LogP contribution in [0.5, 0.6) is 0 Å². The van der Waals surface area contributed by atoms with Gasteiger partial charge in [-0.2, -0.15) is 0 Å². The Kier molecular flexibility index (Phi) is 12.0. The van der Waals surface area contributed by atoms with E-state index < -0.39 is 5.79 Å². The van der Waals surface area contributed by atoms with Gasteiger partial charge in [0.1, 0.15) is 0 Å². The zero-order valence-electron chi connectivity index (χ0n) is 17.6. The summed E-state index contributed by atoms with van der Waals surface area (Å²) in [7, 11) is 0. The van der Waals surface area contributed by atoms with E-state index in [-0.39, 0.29) is 18.2 Å². The number of hydrogen-bond donors (Lipinski definition) is 0. The third-order valence-electron chi connectivity index (χ3n) is 5.28. The molecule has 0 spiro atoms. The van der Waals surface area contributed by atoms with Crippen molar-refractivity contribution >= 4 is 0 Å². The van der Waals surface area contributed by atoms with Crippen molar-refractivity contribution in [2.75, 3.05) is 0 Å². The number of azide groups is 1. The molecule has 0 radical (unpaired) electrons. The second kappa shape index (κ2) is 13.4. The van der Waals surface area contributed by atoms with E-state index in [2.05, 4.69) is 16.9 Å². The highest BCUT2D eigenvalue weighted by Gasteiger charge is 2.37. The van der Waals surface area contributed by atoms with Crippen molar-refractivity contribution in [1.29, 1.82) is 0 Å². The molecule has 3 atom stereocenters. The van der Waals surface area contributed by atoms with Gasteiger partial charge in [0.25, 0.3) is 0 Å². The van der Waals surface area contributed by atoms with Gasteiger partial charge in [-0.15, -0.1) is 0 Å². The van der Waals surface area contributed by atoms with Crippen LogP contribution >= 0.6 is 0 Å². The molecule has 0 saturated carbocycles. The van der Waals surface area contributed by atoms with Gasteiger partial charge < -0.3 is 9.47 Å². The summed E-state index contributed by atoms with van der Waals surface area (Å²) < 4.78 is 12.0. The summed E-state index contributed by atoms with van der Waals surface area (Å²) in [4.78, 5) is 2.92. The second-order valence-corrected chi connectivity index (χ2v) is 8.30. The molecule has 5 heteroatoms. The molecule has 1 heterocycles. The van der Waals surface area contributed by atoms with Crippen LogP contribution in [0.3, 0.4) is 0 Å². The predicted octanol–water partition coefficient (Wildman–Crippen LogP) is 7.30. The van der Waals surface area contributed by atoms with Crippen molar-refractivity contribution in [3.05, 3.63) is 10.4 Å². The summed E-state index contributed by atoms with van der Waals surface area (Å²) in [5, 5.41) is 3.81. The quantitative estimate of drug-likeness (QED) is 0.140. The topological polar surface area (TPSA) is 67.2 Å². The predicted molar refractivity (Wildman–Crippen MR) is 108 cm³/mol. The number of nitrogens with zero attached hydrogens (tertiary/aromatic N) is 3. The molecular weight excluding hydrogens is 326 g/mol. The summed E-state index contributed by atoms with van der Waals surface area (Å²) in [6.07, 6.45) is 17.0. The average molecular weight is 368 g/mol. The van der Waals surface area contributed by atoms with E-state index in [1.165, 1.54) is 70.6 Å². The largest absolute Gasteiger partial charge is 0.347 e.